The third kappa shape index (κ3) is 4.91. The first-order valence-electron chi connectivity index (χ1n) is 8.10. The molecule has 0 fully saturated rings. The summed E-state index contributed by atoms with van der Waals surface area (Å²) >= 11 is 12.7. The minimum Gasteiger partial charge on any atom is -0.495 e. The first-order chi connectivity index (χ1) is 12.1. The van der Waals surface area contributed by atoms with Crippen LogP contribution in [0.2, 0.25) is 10.0 Å². The molecular weight excluding hydrogens is 363 g/mol. The second-order valence-corrected chi connectivity index (χ2v) is 5.98. The Labute approximate surface area is 158 Å². The number of hydrogen-bond donors (Lipinski definition) is 0. The van der Waals surface area contributed by atoms with Crippen LogP contribution in [0.25, 0.3) is 0 Å². The molecule has 1 aromatic carbocycles. The molecule has 0 radical (unpaired) electrons. The van der Waals surface area contributed by atoms with Gasteiger partial charge < -0.3 is 18.9 Å². The molecule has 0 N–H and O–H groups in total. The highest BCUT2D eigenvalue weighted by molar-refractivity contribution is 6.45. The fourth-order valence-corrected chi connectivity index (χ4v) is 2.82. The van der Waals surface area contributed by atoms with Crippen LogP contribution in [0.15, 0.2) is 40.1 Å². The van der Waals surface area contributed by atoms with Crippen molar-refractivity contribution in [2.45, 2.75) is 13.8 Å². The highest BCUT2D eigenvalue weighted by Crippen LogP contribution is 2.35. The van der Waals surface area contributed by atoms with Gasteiger partial charge in [0.2, 0.25) is 0 Å². The van der Waals surface area contributed by atoms with Crippen LogP contribution in [-0.2, 0) is 4.84 Å². The molecule has 7 heteroatoms. The molecule has 136 valence electrons. The Hall–Kier alpha value is -1.69. The monoisotopic (exact) mass is 384 g/mol. The first kappa shape index (κ1) is 19.6. The molecule has 0 saturated heterocycles. The highest BCUT2D eigenvalue weighted by Gasteiger charge is 2.19. The second kappa shape index (κ2) is 9.70. The minimum absolute atomic E-state index is 0.323. The number of benzene rings is 1. The Morgan fingerprint density at radius 3 is 2.52 bits per heavy atom. The van der Waals surface area contributed by atoms with Gasteiger partial charge in [-0.05, 0) is 37.4 Å². The molecule has 0 saturated carbocycles. The lowest BCUT2D eigenvalue weighted by molar-refractivity contribution is 0.114. The summed E-state index contributed by atoms with van der Waals surface area (Å²) in [6.07, 6.45) is 1.57. The molecule has 0 atom stereocenters. The standard InChI is InChI=1S/C18H22Cl2N2O3/c1-4-22(5-2)10-12-25-21-18(15-7-6-11-24-15)13-8-9-14(23-3)17(20)16(13)19/h6-9,11H,4-5,10,12H2,1-3H3/b21-18-. The number of nitrogens with zero attached hydrogens (tertiary/aromatic N) is 2. The average Bonchev–Trinajstić information content (AvgIpc) is 3.16. The highest BCUT2D eigenvalue weighted by atomic mass is 35.5. The van der Waals surface area contributed by atoms with Crippen molar-refractivity contribution < 1.29 is 14.0 Å². The first-order valence-corrected chi connectivity index (χ1v) is 8.86. The fraction of sp³-hybridized carbons (Fsp3) is 0.389. The maximum absolute atomic E-state index is 6.40. The van der Waals surface area contributed by atoms with Gasteiger partial charge in [-0.25, -0.2) is 0 Å². The van der Waals surface area contributed by atoms with E-state index >= 15 is 0 Å². The number of methoxy groups -OCH3 is 1. The lowest BCUT2D eigenvalue weighted by Gasteiger charge is -2.16. The van der Waals surface area contributed by atoms with E-state index in [9.17, 15) is 0 Å². The zero-order valence-corrected chi connectivity index (χ0v) is 16.1. The largest absolute Gasteiger partial charge is 0.495 e. The van der Waals surface area contributed by atoms with E-state index < -0.39 is 0 Å². The van der Waals surface area contributed by atoms with Crippen LogP contribution >= 0.6 is 23.2 Å². The summed E-state index contributed by atoms with van der Waals surface area (Å²) in [6, 6.07) is 7.08. The molecule has 2 rings (SSSR count). The normalized spacial score (nSPS) is 11.8. The maximum atomic E-state index is 6.40. The van der Waals surface area contributed by atoms with Crippen LogP contribution in [0.3, 0.4) is 0 Å². The van der Waals surface area contributed by atoms with Crippen LogP contribution < -0.4 is 4.74 Å². The Balaban J connectivity index is 2.26. The van der Waals surface area contributed by atoms with Crippen molar-refractivity contribution in [1.29, 1.82) is 0 Å². The van der Waals surface area contributed by atoms with Crippen LogP contribution in [0, 0.1) is 0 Å². The third-order valence-electron chi connectivity index (χ3n) is 3.83. The fourth-order valence-electron chi connectivity index (χ4n) is 2.33. The zero-order chi connectivity index (χ0) is 18.2. The lowest BCUT2D eigenvalue weighted by atomic mass is 10.1. The van der Waals surface area contributed by atoms with Crippen molar-refractivity contribution in [2.24, 2.45) is 5.16 Å². The van der Waals surface area contributed by atoms with Crippen LogP contribution in [0.5, 0.6) is 5.75 Å². The van der Waals surface area contributed by atoms with Gasteiger partial charge in [-0.3, -0.25) is 0 Å². The predicted octanol–water partition coefficient (Wildman–Crippen LogP) is 4.71. The molecular formula is C18H22Cl2N2O3. The van der Waals surface area contributed by atoms with Crippen molar-refractivity contribution in [3.8, 4) is 5.75 Å². The van der Waals surface area contributed by atoms with E-state index in [0.717, 1.165) is 19.6 Å². The number of likely N-dealkylation sites (N-methyl/N-ethyl adjacent to an activating group) is 1. The van der Waals surface area contributed by atoms with Crippen LogP contribution in [-0.4, -0.2) is 44.0 Å². The number of rotatable bonds is 9. The summed E-state index contributed by atoms with van der Waals surface area (Å²) in [4.78, 5) is 7.76. The molecule has 1 heterocycles. The number of oxime groups is 1. The Morgan fingerprint density at radius 1 is 1.16 bits per heavy atom. The summed E-state index contributed by atoms with van der Waals surface area (Å²) in [5, 5.41) is 4.91. The number of furan rings is 1. The van der Waals surface area contributed by atoms with Gasteiger partial charge in [0.1, 0.15) is 17.4 Å². The molecule has 0 aliphatic rings. The number of ether oxygens (including phenoxy) is 1. The van der Waals surface area contributed by atoms with E-state index in [1.54, 1.807) is 30.5 Å². The molecule has 1 aromatic heterocycles. The van der Waals surface area contributed by atoms with Gasteiger partial charge in [0, 0.05) is 12.1 Å². The van der Waals surface area contributed by atoms with Gasteiger partial charge in [-0.1, -0.05) is 42.2 Å². The Bertz CT molecular complexity index is 699. The van der Waals surface area contributed by atoms with Gasteiger partial charge in [0.05, 0.1) is 18.4 Å². The molecule has 2 aromatic rings. The quantitative estimate of drug-likeness (QED) is 0.357. The molecule has 0 amide bonds. The predicted molar refractivity (Wildman–Crippen MR) is 101 cm³/mol. The van der Waals surface area contributed by atoms with Gasteiger partial charge in [0.15, 0.2) is 11.5 Å². The van der Waals surface area contributed by atoms with Crippen molar-refractivity contribution in [3.05, 3.63) is 51.9 Å². The summed E-state index contributed by atoms with van der Waals surface area (Å²) in [6.45, 7) is 7.41. The summed E-state index contributed by atoms with van der Waals surface area (Å²) in [5.41, 5.74) is 1.10. The number of hydrogen-bond acceptors (Lipinski definition) is 5. The molecule has 0 spiro atoms. The maximum Gasteiger partial charge on any atom is 0.156 e. The van der Waals surface area contributed by atoms with Gasteiger partial charge in [0.25, 0.3) is 0 Å². The van der Waals surface area contributed by atoms with E-state index in [1.165, 1.54) is 7.11 Å². The smallest absolute Gasteiger partial charge is 0.156 e. The van der Waals surface area contributed by atoms with E-state index in [0.29, 0.717) is 39.4 Å². The van der Waals surface area contributed by atoms with E-state index in [4.69, 9.17) is 37.2 Å². The third-order valence-corrected chi connectivity index (χ3v) is 4.69. The van der Waals surface area contributed by atoms with E-state index in [-0.39, 0.29) is 0 Å². The van der Waals surface area contributed by atoms with Gasteiger partial charge in [-0.15, -0.1) is 0 Å². The van der Waals surface area contributed by atoms with E-state index in [1.807, 2.05) is 0 Å². The average molecular weight is 385 g/mol. The minimum atomic E-state index is 0.323. The zero-order valence-electron chi connectivity index (χ0n) is 14.6. The molecule has 0 aliphatic carbocycles. The molecule has 5 nitrogen and oxygen atoms in total. The van der Waals surface area contributed by atoms with Crippen LogP contribution in [0.1, 0.15) is 25.2 Å². The van der Waals surface area contributed by atoms with Crippen LogP contribution in [0.4, 0.5) is 0 Å². The lowest BCUT2D eigenvalue weighted by Crippen LogP contribution is -2.26. The Kier molecular flexibility index (Phi) is 7.62. The summed E-state index contributed by atoms with van der Waals surface area (Å²) in [5.74, 6) is 1.04. The SMILES string of the molecule is CCN(CC)CCO/N=C(\c1ccco1)c1ccc(OC)c(Cl)c1Cl. The molecule has 0 unspecified atom stereocenters. The molecule has 0 aliphatic heterocycles. The molecule has 25 heavy (non-hydrogen) atoms. The van der Waals surface area contributed by atoms with Gasteiger partial charge in [-0.2, -0.15) is 0 Å². The van der Waals surface area contributed by atoms with Gasteiger partial charge >= 0.3 is 0 Å². The Morgan fingerprint density at radius 2 is 1.92 bits per heavy atom. The number of halogens is 2. The van der Waals surface area contributed by atoms with Crippen molar-refractivity contribution >= 4 is 28.9 Å². The summed E-state index contributed by atoms with van der Waals surface area (Å²) in [7, 11) is 1.54. The van der Waals surface area contributed by atoms with Crippen molar-refractivity contribution in [1.82, 2.24) is 4.90 Å². The van der Waals surface area contributed by atoms with Crippen molar-refractivity contribution in [2.75, 3.05) is 33.4 Å². The summed E-state index contributed by atoms with van der Waals surface area (Å²) < 4.78 is 10.7. The molecule has 0 bridgehead atoms. The van der Waals surface area contributed by atoms with E-state index in [2.05, 4.69) is 23.9 Å². The second-order valence-electron chi connectivity index (χ2n) is 5.22. The van der Waals surface area contributed by atoms with Crippen molar-refractivity contribution in [3.63, 3.8) is 0 Å². The topological polar surface area (TPSA) is 47.2 Å².